The second-order valence-electron chi connectivity index (χ2n) is 7.87. The molecule has 0 atom stereocenters. The van der Waals surface area contributed by atoms with Crippen LogP contribution in [0, 0.1) is 6.92 Å². The Morgan fingerprint density at radius 3 is 1.68 bits per heavy atom. The van der Waals surface area contributed by atoms with Crippen LogP contribution in [0.15, 0.2) is 108 Å². The number of amides is 2. The van der Waals surface area contributed by atoms with E-state index in [9.17, 15) is 21.6 Å². The zero-order chi connectivity index (χ0) is 27.2. The first-order chi connectivity index (χ1) is 18.1. The number of benzene rings is 4. The van der Waals surface area contributed by atoms with Gasteiger partial charge in [-0.3, -0.25) is 0 Å². The highest BCUT2D eigenvalue weighted by atomic mass is 32.3. The van der Waals surface area contributed by atoms with Crippen molar-refractivity contribution in [2.24, 2.45) is 0 Å². The first-order valence-corrected chi connectivity index (χ1v) is 13.8. The summed E-state index contributed by atoms with van der Waals surface area (Å²) in [5, 5.41) is 5.10. The number of carbonyl (C=O) groups is 1. The molecule has 2 amide bonds. The number of hydrogen-bond acceptors (Lipinski definition) is 8. The Bertz CT molecular complexity index is 1640. The average Bonchev–Trinajstić information content (AvgIpc) is 2.84. The van der Waals surface area contributed by atoms with Gasteiger partial charge in [0, 0.05) is 23.5 Å². The predicted octanol–water partition coefficient (Wildman–Crippen LogP) is 5.11. The van der Waals surface area contributed by atoms with Crippen LogP contribution >= 0.6 is 0 Å². The smallest absolute Gasteiger partial charge is 0.379 e. The van der Waals surface area contributed by atoms with Crippen molar-refractivity contribution in [3.05, 3.63) is 109 Å². The van der Waals surface area contributed by atoms with E-state index >= 15 is 0 Å². The van der Waals surface area contributed by atoms with Crippen molar-refractivity contribution in [2.45, 2.75) is 11.8 Å². The van der Waals surface area contributed by atoms with Crippen LogP contribution in [0.25, 0.3) is 0 Å². The molecule has 12 heteroatoms. The molecule has 0 saturated heterocycles. The molecule has 0 aromatic heterocycles. The summed E-state index contributed by atoms with van der Waals surface area (Å²) in [6.45, 7) is 1.84. The second-order valence-corrected chi connectivity index (χ2v) is 10.6. The van der Waals surface area contributed by atoms with Crippen LogP contribution in [0.2, 0.25) is 0 Å². The second kappa shape index (κ2) is 11.2. The van der Waals surface area contributed by atoms with Crippen molar-refractivity contribution < 1.29 is 34.2 Å². The van der Waals surface area contributed by atoms with Gasteiger partial charge in [-0.05, 0) is 55.5 Å². The lowest BCUT2D eigenvalue weighted by molar-refractivity contribution is 0.262. The predicted molar refractivity (Wildman–Crippen MR) is 141 cm³/mol. The fourth-order valence-electron chi connectivity index (χ4n) is 3.15. The van der Waals surface area contributed by atoms with Crippen LogP contribution in [0.5, 0.6) is 17.2 Å². The molecule has 0 fully saturated rings. The number of hydrogen-bond donors (Lipinski definition) is 2. The van der Waals surface area contributed by atoms with Gasteiger partial charge in [-0.1, -0.05) is 48.0 Å². The minimum absolute atomic E-state index is 0.00222. The number of anilines is 2. The van der Waals surface area contributed by atoms with Crippen molar-refractivity contribution in [2.75, 3.05) is 10.6 Å². The topological polar surface area (TPSA) is 137 Å². The maximum absolute atomic E-state index is 12.5. The van der Waals surface area contributed by atoms with Crippen LogP contribution in [0.1, 0.15) is 5.56 Å². The van der Waals surface area contributed by atoms with E-state index in [-0.39, 0.29) is 33.5 Å². The molecule has 0 heterocycles. The largest absolute Gasteiger partial charge is 0.500 e. The summed E-state index contributed by atoms with van der Waals surface area (Å²) >= 11 is 0. The molecule has 4 aromatic carbocycles. The summed E-state index contributed by atoms with van der Waals surface area (Å²) in [5.74, 6) is -0.00290. The highest BCUT2D eigenvalue weighted by Gasteiger charge is 2.18. The maximum Gasteiger partial charge on any atom is 0.500 e. The summed E-state index contributed by atoms with van der Waals surface area (Å²) in [6, 6.07) is 24.9. The van der Waals surface area contributed by atoms with Gasteiger partial charge in [0.25, 0.3) is 0 Å². The molecule has 0 unspecified atom stereocenters. The molecule has 0 saturated carbocycles. The maximum atomic E-state index is 12.5. The lowest BCUT2D eigenvalue weighted by Crippen LogP contribution is -2.20. The van der Waals surface area contributed by atoms with Gasteiger partial charge < -0.3 is 23.2 Å². The number of urea groups is 1. The number of aryl methyl sites for hydroxylation is 1. The van der Waals surface area contributed by atoms with Crippen LogP contribution in [0.3, 0.4) is 0 Å². The van der Waals surface area contributed by atoms with E-state index in [0.717, 1.165) is 5.56 Å². The molecule has 0 aliphatic rings. The van der Waals surface area contributed by atoms with Gasteiger partial charge in [0.05, 0.1) is 0 Å². The first kappa shape index (κ1) is 26.5. The number of nitrogens with one attached hydrogen (secondary N) is 2. The van der Waals surface area contributed by atoms with Crippen molar-refractivity contribution in [3.8, 4) is 17.2 Å². The molecular formula is C26H22N2O8S2. The van der Waals surface area contributed by atoms with Gasteiger partial charge in [0.2, 0.25) is 0 Å². The minimum Gasteiger partial charge on any atom is -0.379 e. The molecule has 0 spiro atoms. The van der Waals surface area contributed by atoms with Crippen LogP contribution in [0.4, 0.5) is 16.2 Å². The quantitative estimate of drug-likeness (QED) is 0.272. The third-order valence-electron chi connectivity index (χ3n) is 4.84. The lowest BCUT2D eigenvalue weighted by atomic mass is 10.2. The Morgan fingerprint density at radius 1 is 0.605 bits per heavy atom. The third kappa shape index (κ3) is 7.48. The fourth-order valence-corrected chi connectivity index (χ4v) is 4.80. The van der Waals surface area contributed by atoms with Gasteiger partial charge in [0.15, 0.2) is 0 Å². The summed E-state index contributed by atoms with van der Waals surface area (Å²) in [6.07, 6.45) is 0. The first-order valence-electron chi connectivity index (χ1n) is 11.1. The van der Waals surface area contributed by atoms with E-state index in [0.29, 0.717) is 0 Å². The normalized spacial score (nSPS) is 11.3. The van der Waals surface area contributed by atoms with Gasteiger partial charge in [-0.25, -0.2) is 4.79 Å². The molecule has 0 aliphatic carbocycles. The number of para-hydroxylation sites is 1. The van der Waals surface area contributed by atoms with Crippen molar-refractivity contribution >= 4 is 37.9 Å². The zero-order valence-corrected chi connectivity index (χ0v) is 21.5. The molecule has 4 aromatic rings. The van der Waals surface area contributed by atoms with Crippen molar-refractivity contribution in [1.29, 1.82) is 0 Å². The van der Waals surface area contributed by atoms with Crippen molar-refractivity contribution in [1.82, 2.24) is 0 Å². The van der Waals surface area contributed by atoms with Crippen LogP contribution in [-0.2, 0) is 20.5 Å². The van der Waals surface area contributed by atoms with E-state index in [4.69, 9.17) is 12.5 Å². The summed E-state index contributed by atoms with van der Waals surface area (Å²) in [4.78, 5) is 12.5. The average molecular weight is 555 g/mol. The minimum atomic E-state index is -4.41. The molecule has 2 N–H and O–H groups in total. The summed E-state index contributed by atoms with van der Waals surface area (Å²) in [5.41, 5.74) is 1.38. The SMILES string of the molecule is Cc1ccc(S(=O)(=O)Oc2cccc(NC(=O)Nc3cccc(OS(=O)(=O)Oc4ccccc4)c3)c2)cc1. The number of rotatable bonds is 9. The van der Waals surface area contributed by atoms with E-state index < -0.39 is 26.5 Å². The Hall–Kier alpha value is -4.55. The molecule has 38 heavy (non-hydrogen) atoms. The Morgan fingerprint density at radius 2 is 1.11 bits per heavy atom. The monoisotopic (exact) mass is 554 g/mol. The van der Waals surface area contributed by atoms with Crippen LogP contribution in [-0.4, -0.2) is 22.9 Å². The molecule has 0 bridgehead atoms. The molecule has 10 nitrogen and oxygen atoms in total. The molecular weight excluding hydrogens is 532 g/mol. The molecule has 0 aliphatic heterocycles. The standard InChI is InChI=1S/C26H22N2O8S2/c1-19-13-15-25(16-14-19)37(30,31)34-23-11-5-7-20(17-23)27-26(29)28-21-8-6-12-24(18-21)36-38(32,33)35-22-9-3-2-4-10-22/h2-18H,1H3,(H2,27,28,29). The molecule has 4 rings (SSSR count). The van der Waals surface area contributed by atoms with Gasteiger partial charge in [-0.2, -0.15) is 8.42 Å². The Labute approximate surface area is 220 Å². The third-order valence-corrected chi connectivity index (χ3v) is 6.89. The van der Waals surface area contributed by atoms with Gasteiger partial charge in [-0.15, -0.1) is 8.42 Å². The van der Waals surface area contributed by atoms with Gasteiger partial charge >= 0.3 is 26.5 Å². The van der Waals surface area contributed by atoms with Gasteiger partial charge in [0.1, 0.15) is 22.1 Å². The van der Waals surface area contributed by atoms with Crippen LogP contribution < -0.4 is 23.2 Å². The van der Waals surface area contributed by atoms with E-state index in [1.807, 2.05) is 6.92 Å². The number of carbonyl (C=O) groups excluding carboxylic acids is 1. The highest BCUT2D eigenvalue weighted by Crippen LogP contribution is 2.24. The fraction of sp³-hybridized carbons (Fsp3) is 0.0385. The van der Waals surface area contributed by atoms with E-state index in [1.54, 1.807) is 30.3 Å². The summed E-state index contributed by atoms with van der Waals surface area (Å²) < 4.78 is 64.5. The van der Waals surface area contributed by atoms with E-state index in [2.05, 4.69) is 10.6 Å². The lowest BCUT2D eigenvalue weighted by Gasteiger charge is -2.11. The zero-order valence-electron chi connectivity index (χ0n) is 19.9. The van der Waals surface area contributed by atoms with E-state index in [1.165, 1.54) is 72.8 Å². The molecule has 196 valence electrons. The highest BCUT2D eigenvalue weighted by molar-refractivity contribution is 7.87. The Kier molecular flexibility index (Phi) is 7.84. The van der Waals surface area contributed by atoms with Crippen molar-refractivity contribution in [3.63, 3.8) is 0 Å². The molecule has 0 radical (unpaired) electrons. The summed E-state index contributed by atoms with van der Waals surface area (Å²) in [7, 11) is -8.48. The Balaban J connectivity index is 1.38.